The summed E-state index contributed by atoms with van der Waals surface area (Å²) in [7, 11) is 1.71. The Bertz CT molecular complexity index is 606. The van der Waals surface area contributed by atoms with Gasteiger partial charge in [0, 0.05) is 19.5 Å². The van der Waals surface area contributed by atoms with E-state index >= 15 is 0 Å². The molecule has 0 aliphatic rings. The summed E-state index contributed by atoms with van der Waals surface area (Å²) < 4.78 is 10.8. The highest BCUT2D eigenvalue weighted by Gasteiger charge is 2.11. The summed E-state index contributed by atoms with van der Waals surface area (Å²) >= 11 is 0. The first-order valence-corrected chi connectivity index (χ1v) is 16.2. The summed E-state index contributed by atoms with van der Waals surface area (Å²) in [6, 6.07) is -0.328. The van der Waals surface area contributed by atoms with Crippen LogP contribution < -0.4 is 21.7 Å². The second-order valence-electron chi connectivity index (χ2n) is 10.8. The molecule has 0 fully saturated rings. The molecule has 0 aromatic carbocycles. The molecule has 0 saturated heterocycles. The molecule has 0 aromatic rings. The van der Waals surface area contributed by atoms with E-state index in [0.717, 1.165) is 25.7 Å². The van der Waals surface area contributed by atoms with Gasteiger partial charge in [-0.3, -0.25) is 14.4 Å². The van der Waals surface area contributed by atoms with Crippen molar-refractivity contribution in [1.82, 2.24) is 16.0 Å². The number of nitrogens with one attached hydrogen (secondary N) is 3. The highest BCUT2D eigenvalue weighted by atomic mass is 16.5. The van der Waals surface area contributed by atoms with E-state index in [1.54, 1.807) is 7.05 Å². The van der Waals surface area contributed by atoms with Gasteiger partial charge in [-0.1, -0.05) is 96.8 Å². The van der Waals surface area contributed by atoms with E-state index in [1.165, 1.54) is 83.5 Å². The smallest absolute Gasteiger partial charge is 0.245 e. The van der Waals surface area contributed by atoms with Crippen LogP contribution in [0.2, 0.25) is 0 Å². The van der Waals surface area contributed by atoms with Gasteiger partial charge in [-0.2, -0.15) is 0 Å². The fourth-order valence-corrected chi connectivity index (χ4v) is 4.57. The molecule has 0 bridgehead atoms. The normalized spacial score (nSPS) is 11.8. The molecule has 0 spiro atoms. The molecule has 40 heavy (non-hydrogen) atoms. The summed E-state index contributed by atoms with van der Waals surface area (Å²) in [6.45, 7) is 4.41. The van der Waals surface area contributed by atoms with E-state index in [1.807, 2.05) is 0 Å². The molecule has 0 rings (SSSR count). The molecule has 0 aromatic heterocycles. The molecule has 0 aliphatic heterocycles. The number of primary amides is 1. The first-order chi connectivity index (χ1) is 19.5. The molecule has 3 amide bonds. The second kappa shape index (κ2) is 30.3. The Morgan fingerprint density at radius 2 is 1.15 bits per heavy atom. The maximum Gasteiger partial charge on any atom is 0.245 e. The lowest BCUT2D eigenvalue weighted by atomic mass is 10.0. The van der Waals surface area contributed by atoms with Gasteiger partial charge in [0.1, 0.15) is 6.61 Å². The van der Waals surface area contributed by atoms with Gasteiger partial charge in [-0.15, -0.1) is 0 Å². The van der Waals surface area contributed by atoms with Crippen LogP contribution in [-0.4, -0.2) is 70.3 Å². The minimum absolute atomic E-state index is 0.0141. The number of nitrogens with two attached hydrogens (primary N) is 1. The first-order valence-electron chi connectivity index (χ1n) is 16.2. The van der Waals surface area contributed by atoms with Crippen molar-refractivity contribution in [1.29, 1.82) is 0 Å². The number of likely N-dealkylation sites (N-methyl/N-ethyl adjacent to an activating group) is 1. The molecular formula is C31H62N4O5. The molecule has 0 heterocycles. The maximum atomic E-state index is 11.9. The zero-order chi connectivity index (χ0) is 29.5. The van der Waals surface area contributed by atoms with Gasteiger partial charge in [-0.25, -0.2) is 0 Å². The zero-order valence-electron chi connectivity index (χ0n) is 25.9. The minimum atomic E-state index is -0.361. The minimum Gasteiger partial charge on any atom is -0.377 e. The topological polar surface area (TPSA) is 132 Å². The van der Waals surface area contributed by atoms with Crippen LogP contribution in [0.4, 0.5) is 0 Å². The summed E-state index contributed by atoms with van der Waals surface area (Å²) in [5.41, 5.74) is 5.27. The molecule has 0 saturated carbocycles. The van der Waals surface area contributed by atoms with Crippen LogP contribution >= 0.6 is 0 Å². The van der Waals surface area contributed by atoms with Gasteiger partial charge in [0.25, 0.3) is 0 Å². The average molecular weight is 571 g/mol. The average Bonchev–Trinajstić information content (AvgIpc) is 2.94. The van der Waals surface area contributed by atoms with Gasteiger partial charge in [-0.05, 0) is 32.7 Å². The lowest BCUT2D eigenvalue weighted by Crippen LogP contribution is -2.39. The van der Waals surface area contributed by atoms with Crippen LogP contribution in [0.1, 0.15) is 129 Å². The van der Waals surface area contributed by atoms with Crippen LogP contribution in [0.5, 0.6) is 0 Å². The van der Waals surface area contributed by atoms with Crippen molar-refractivity contribution in [3.05, 3.63) is 0 Å². The lowest BCUT2D eigenvalue weighted by molar-refractivity contribution is -0.126. The van der Waals surface area contributed by atoms with E-state index in [-0.39, 0.29) is 30.4 Å². The van der Waals surface area contributed by atoms with Crippen molar-refractivity contribution < 1.29 is 23.9 Å². The summed E-state index contributed by atoms with van der Waals surface area (Å²) in [4.78, 5) is 34.8. The quantitative estimate of drug-likeness (QED) is 0.0889. The largest absolute Gasteiger partial charge is 0.377 e. The summed E-state index contributed by atoms with van der Waals surface area (Å²) in [5, 5.41) is 8.55. The van der Waals surface area contributed by atoms with Gasteiger partial charge >= 0.3 is 0 Å². The lowest BCUT2D eigenvalue weighted by Gasteiger charge is -2.12. The van der Waals surface area contributed by atoms with Crippen LogP contribution in [-0.2, 0) is 23.9 Å². The Kier molecular flexibility index (Phi) is 29.0. The summed E-state index contributed by atoms with van der Waals surface area (Å²) in [5.74, 6) is -0.451. The molecule has 236 valence electrons. The van der Waals surface area contributed by atoms with Crippen LogP contribution in [0.15, 0.2) is 0 Å². The number of hydrogen-bond acceptors (Lipinski definition) is 6. The standard InChI is InChI=1S/C31H62N4O5/c1-3-4-5-6-7-8-9-10-11-12-13-14-15-16-17-21-29(36)35-23-24-39-25-26-40-27-30(37)34-22-19-18-20-28(33-2)31(32)38/h28,33H,3-27H2,1-2H3,(H2,32,38)(H,34,37)(H,35,36). The van der Waals surface area contributed by atoms with Crippen molar-refractivity contribution in [2.75, 3.05) is 46.6 Å². The number of unbranched alkanes of at least 4 members (excludes halogenated alkanes) is 15. The van der Waals surface area contributed by atoms with E-state index in [9.17, 15) is 14.4 Å². The molecular weight excluding hydrogens is 508 g/mol. The Labute approximate surface area is 244 Å². The third kappa shape index (κ3) is 27.8. The van der Waals surface area contributed by atoms with Crippen molar-refractivity contribution in [3.63, 3.8) is 0 Å². The number of amides is 3. The predicted molar refractivity (Wildman–Crippen MR) is 163 cm³/mol. The van der Waals surface area contributed by atoms with Crippen molar-refractivity contribution in [3.8, 4) is 0 Å². The van der Waals surface area contributed by atoms with E-state index in [2.05, 4.69) is 22.9 Å². The Morgan fingerprint density at radius 3 is 1.70 bits per heavy atom. The Hall–Kier alpha value is -1.71. The number of carbonyl (C=O) groups excluding carboxylic acids is 3. The number of rotatable bonds is 31. The fourth-order valence-electron chi connectivity index (χ4n) is 4.57. The fraction of sp³-hybridized carbons (Fsp3) is 0.903. The Balaban J connectivity index is 3.31. The molecule has 1 atom stereocenters. The molecule has 0 radical (unpaired) electrons. The van der Waals surface area contributed by atoms with Gasteiger partial charge in [0.2, 0.25) is 17.7 Å². The van der Waals surface area contributed by atoms with Crippen LogP contribution in [0, 0.1) is 0 Å². The van der Waals surface area contributed by atoms with Gasteiger partial charge in [0.15, 0.2) is 0 Å². The van der Waals surface area contributed by atoms with E-state index in [4.69, 9.17) is 15.2 Å². The zero-order valence-corrected chi connectivity index (χ0v) is 25.9. The van der Waals surface area contributed by atoms with Gasteiger partial charge < -0.3 is 31.2 Å². The SMILES string of the molecule is CCCCCCCCCCCCCCCCCC(=O)NCCOCCOCC(=O)NCCCCC(NC)C(N)=O. The van der Waals surface area contributed by atoms with Gasteiger partial charge in [0.05, 0.1) is 25.9 Å². The number of carbonyl (C=O) groups is 3. The third-order valence-electron chi connectivity index (χ3n) is 7.11. The number of ether oxygens (including phenoxy) is 2. The van der Waals surface area contributed by atoms with Crippen molar-refractivity contribution in [2.45, 2.75) is 135 Å². The molecule has 1 unspecified atom stereocenters. The van der Waals surface area contributed by atoms with E-state index < -0.39 is 0 Å². The van der Waals surface area contributed by atoms with Crippen molar-refractivity contribution in [2.24, 2.45) is 5.73 Å². The predicted octanol–water partition coefficient (Wildman–Crippen LogP) is 4.76. The van der Waals surface area contributed by atoms with Crippen LogP contribution in [0.3, 0.4) is 0 Å². The number of hydrogen-bond donors (Lipinski definition) is 4. The molecule has 0 aliphatic carbocycles. The molecule has 9 heteroatoms. The maximum absolute atomic E-state index is 11.9. The highest BCUT2D eigenvalue weighted by Crippen LogP contribution is 2.13. The third-order valence-corrected chi connectivity index (χ3v) is 7.11. The molecule has 5 N–H and O–H groups in total. The molecule has 9 nitrogen and oxygen atoms in total. The Morgan fingerprint density at radius 1 is 0.625 bits per heavy atom. The van der Waals surface area contributed by atoms with Crippen LogP contribution in [0.25, 0.3) is 0 Å². The summed E-state index contributed by atoms with van der Waals surface area (Å²) in [6.07, 6.45) is 22.6. The monoisotopic (exact) mass is 570 g/mol. The van der Waals surface area contributed by atoms with E-state index in [0.29, 0.717) is 45.8 Å². The van der Waals surface area contributed by atoms with Crippen molar-refractivity contribution >= 4 is 17.7 Å². The second-order valence-corrected chi connectivity index (χ2v) is 10.8. The highest BCUT2D eigenvalue weighted by molar-refractivity contribution is 5.79. The first kappa shape index (κ1) is 38.3.